The summed E-state index contributed by atoms with van der Waals surface area (Å²) >= 11 is 10.1. The minimum Gasteiger partial charge on any atom is -0.477 e. The van der Waals surface area contributed by atoms with Crippen LogP contribution in [0, 0.1) is 0 Å². The molecule has 134 valence electrons. The number of carboxylic acid groups (broad SMARTS) is 2. The molecule has 0 aliphatic heterocycles. The highest BCUT2D eigenvalue weighted by atomic mass is 35.5. The third kappa shape index (κ3) is 6.43. The summed E-state index contributed by atoms with van der Waals surface area (Å²) in [5.41, 5.74) is 0.117. The first-order valence-electron chi connectivity index (χ1n) is 6.60. The molecule has 0 saturated heterocycles. The molecule has 2 aromatic rings. The predicted molar refractivity (Wildman–Crippen MR) is 103 cm³/mol. The zero-order valence-corrected chi connectivity index (χ0v) is 16.7. The van der Waals surface area contributed by atoms with E-state index >= 15 is 0 Å². The van der Waals surface area contributed by atoms with Crippen molar-refractivity contribution in [2.24, 2.45) is 0 Å². The summed E-state index contributed by atoms with van der Waals surface area (Å²) in [5.74, 6) is -2.02. The summed E-state index contributed by atoms with van der Waals surface area (Å²) in [4.78, 5) is 29.9. The van der Waals surface area contributed by atoms with E-state index in [4.69, 9.17) is 21.8 Å². The largest absolute Gasteiger partial charge is 0.477 e. The van der Waals surface area contributed by atoms with Gasteiger partial charge in [0.2, 0.25) is 0 Å². The molecule has 0 atom stereocenters. The normalized spacial score (nSPS) is 9.92. The minimum absolute atomic E-state index is 0.0174. The Hall–Kier alpha value is -1.42. The number of rotatable bonds is 5. The number of hydrogen-bond donors (Lipinski definition) is 2. The monoisotopic (exact) mass is 418 g/mol. The molecule has 0 saturated carbocycles. The van der Waals surface area contributed by atoms with Gasteiger partial charge >= 0.3 is 11.9 Å². The quantitative estimate of drug-likeness (QED) is 0.685. The van der Waals surface area contributed by atoms with Crippen molar-refractivity contribution in [2.45, 2.75) is 14.9 Å². The summed E-state index contributed by atoms with van der Waals surface area (Å²) in [6.07, 6.45) is 5.62. The van der Waals surface area contributed by atoms with Gasteiger partial charge in [0.05, 0.1) is 5.02 Å². The molecule has 0 unspecified atom stereocenters. The van der Waals surface area contributed by atoms with Gasteiger partial charge in [-0.05, 0) is 43.0 Å². The summed E-state index contributed by atoms with van der Waals surface area (Å²) in [6.45, 7) is 0. The fourth-order valence-corrected chi connectivity index (χ4v) is 3.71. The van der Waals surface area contributed by atoms with Gasteiger partial charge in [-0.2, -0.15) is 0 Å². The number of aromatic carboxylic acids is 2. The average molecular weight is 419 g/mol. The lowest BCUT2D eigenvalue weighted by Gasteiger charge is -2.03. The molecule has 0 fully saturated rings. The Bertz CT molecular complexity index is 774. The molecule has 10 heteroatoms. The Kier molecular flexibility index (Phi) is 9.12. The number of hydrogen-bond acceptors (Lipinski definition) is 7. The third-order valence-corrected chi connectivity index (χ3v) is 5.40. The van der Waals surface area contributed by atoms with Crippen molar-refractivity contribution in [2.75, 3.05) is 18.8 Å². The second-order valence-electron chi connectivity index (χ2n) is 4.21. The second-order valence-corrected chi connectivity index (χ2v) is 7.05. The van der Waals surface area contributed by atoms with E-state index in [0.717, 1.165) is 9.92 Å². The zero-order chi connectivity index (χ0) is 19.0. The van der Waals surface area contributed by atoms with Gasteiger partial charge in [-0.1, -0.05) is 11.6 Å². The summed E-state index contributed by atoms with van der Waals surface area (Å²) < 4.78 is 0. The maximum atomic E-state index is 10.6. The van der Waals surface area contributed by atoms with Gasteiger partial charge in [0.25, 0.3) is 0 Å². The molecular weight excluding hydrogens is 404 g/mol. The zero-order valence-electron chi connectivity index (χ0n) is 13.5. The highest BCUT2D eigenvalue weighted by Gasteiger charge is 2.09. The van der Waals surface area contributed by atoms with Crippen LogP contribution in [-0.4, -0.2) is 50.9 Å². The lowest BCUT2D eigenvalue weighted by molar-refractivity contribution is 0.0679. The number of carbonyl (C=O) groups is 2. The molecule has 0 aliphatic carbocycles. The molecule has 6 nitrogen and oxygen atoms in total. The van der Waals surface area contributed by atoms with Crippen molar-refractivity contribution in [3.8, 4) is 0 Å². The maximum Gasteiger partial charge on any atom is 0.354 e. The van der Waals surface area contributed by atoms with Crippen molar-refractivity contribution < 1.29 is 19.8 Å². The van der Waals surface area contributed by atoms with Gasteiger partial charge in [-0.3, -0.25) is 0 Å². The van der Waals surface area contributed by atoms with Crippen LogP contribution >= 0.6 is 46.9 Å². The van der Waals surface area contributed by atoms with E-state index in [9.17, 15) is 9.59 Å². The van der Waals surface area contributed by atoms with E-state index in [0.29, 0.717) is 10.0 Å². The SMILES string of the molecule is CSc1ccc(C(=O)O)nc1SC.CSc1nc(C(=O)O)ccc1Cl. The molecule has 0 amide bonds. The van der Waals surface area contributed by atoms with E-state index in [1.165, 1.54) is 41.7 Å². The fourth-order valence-electron chi connectivity index (χ4n) is 1.53. The highest BCUT2D eigenvalue weighted by molar-refractivity contribution is 8.01. The van der Waals surface area contributed by atoms with Gasteiger partial charge in [-0.15, -0.1) is 35.3 Å². The first-order valence-corrected chi connectivity index (χ1v) is 10.6. The molecule has 2 heterocycles. The van der Waals surface area contributed by atoms with E-state index in [-0.39, 0.29) is 11.4 Å². The van der Waals surface area contributed by atoms with E-state index < -0.39 is 11.9 Å². The molecule has 0 spiro atoms. The fraction of sp³-hybridized carbons (Fsp3) is 0.200. The summed E-state index contributed by atoms with van der Waals surface area (Å²) in [7, 11) is 0. The van der Waals surface area contributed by atoms with Crippen LogP contribution < -0.4 is 0 Å². The van der Waals surface area contributed by atoms with Crippen LogP contribution in [0.5, 0.6) is 0 Å². The standard InChI is InChI=1S/C8H9NO2S2.C7H6ClNO2S/c1-12-6-4-3-5(8(10)11)9-7(6)13-2;1-12-6-4(8)2-3-5(9-6)7(10)11/h3-4H,1-2H3,(H,10,11);2-3H,1H3,(H,10,11). The minimum atomic E-state index is -1.04. The van der Waals surface area contributed by atoms with Crippen molar-refractivity contribution in [3.05, 3.63) is 40.7 Å². The smallest absolute Gasteiger partial charge is 0.354 e. The van der Waals surface area contributed by atoms with Crippen LogP contribution in [0.2, 0.25) is 5.02 Å². The molecule has 2 aromatic heterocycles. The van der Waals surface area contributed by atoms with Crippen LogP contribution in [0.1, 0.15) is 21.0 Å². The molecular formula is C15H15ClN2O4S3. The van der Waals surface area contributed by atoms with Crippen LogP contribution in [0.3, 0.4) is 0 Å². The maximum absolute atomic E-state index is 10.6. The Morgan fingerprint density at radius 1 is 0.840 bits per heavy atom. The second kappa shape index (κ2) is 10.5. The third-order valence-electron chi connectivity index (χ3n) is 2.68. The molecule has 2 N–H and O–H groups in total. The van der Waals surface area contributed by atoms with Gasteiger partial charge in [-0.25, -0.2) is 19.6 Å². The first kappa shape index (κ1) is 21.6. The average Bonchev–Trinajstić information content (AvgIpc) is 2.61. The number of aromatic nitrogens is 2. The summed E-state index contributed by atoms with van der Waals surface area (Å²) in [6, 6.07) is 6.22. The molecule has 2 rings (SSSR count). The van der Waals surface area contributed by atoms with Crippen LogP contribution in [0.25, 0.3) is 0 Å². The lowest BCUT2D eigenvalue weighted by atomic mass is 10.3. The Labute approximate surface area is 162 Å². The number of thioether (sulfide) groups is 3. The Balaban J connectivity index is 0.000000251. The molecule has 25 heavy (non-hydrogen) atoms. The molecule has 0 bridgehead atoms. The number of nitrogens with zero attached hydrogens (tertiary/aromatic N) is 2. The lowest BCUT2D eigenvalue weighted by Crippen LogP contribution is -2.01. The number of carboxylic acids is 2. The Morgan fingerprint density at radius 3 is 1.76 bits per heavy atom. The first-order chi connectivity index (χ1) is 11.8. The topological polar surface area (TPSA) is 100 Å². The van der Waals surface area contributed by atoms with Crippen LogP contribution in [0.15, 0.2) is 39.2 Å². The van der Waals surface area contributed by atoms with Crippen molar-refractivity contribution in [3.63, 3.8) is 0 Å². The molecule has 0 radical (unpaired) electrons. The van der Waals surface area contributed by atoms with Gasteiger partial charge in [0.15, 0.2) is 0 Å². The highest BCUT2D eigenvalue weighted by Crippen LogP contribution is 2.26. The molecule has 0 aliphatic rings. The van der Waals surface area contributed by atoms with Crippen LogP contribution in [-0.2, 0) is 0 Å². The number of halogens is 1. The van der Waals surface area contributed by atoms with Gasteiger partial charge in [0, 0.05) is 4.90 Å². The Morgan fingerprint density at radius 2 is 1.32 bits per heavy atom. The van der Waals surface area contributed by atoms with Gasteiger partial charge < -0.3 is 10.2 Å². The predicted octanol–water partition coefficient (Wildman–Crippen LogP) is 4.38. The van der Waals surface area contributed by atoms with Crippen molar-refractivity contribution in [1.29, 1.82) is 0 Å². The van der Waals surface area contributed by atoms with E-state index in [2.05, 4.69) is 9.97 Å². The van der Waals surface area contributed by atoms with E-state index in [1.54, 1.807) is 24.1 Å². The molecule has 0 aromatic carbocycles. The van der Waals surface area contributed by atoms with Crippen molar-refractivity contribution >= 4 is 58.8 Å². The summed E-state index contributed by atoms with van der Waals surface area (Å²) in [5, 5.41) is 19.1. The van der Waals surface area contributed by atoms with Crippen LogP contribution in [0.4, 0.5) is 0 Å². The van der Waals surface area contributed by atoms with Gasteiger partial charge in [0.1, 0.15) is 21.4 Å². The van der Waals surface area contributed by atoms with Crippen molar-refractivity contribution in [1.82, 2.24) is 9.97 Å². The van der Waals surface area contributed by atoms with E-state index in [1.807, 2.05) is 12.5 Å². The number of pyridine rings is 2.